The number of hydrogen-bond donors (Lipinski definition) is 0. The van der Waals surface area contributed by atoms with Gasteiger partial charge in [-0.1, -0.05) is 126 Å². The predicted octanol–water partition coefficient (Wildman–Crippen LogP) is 8.36. The van der Waals surface area contributed by atoms with Gasteiger partial charge < -0.3 is 28.4 Å². The first-order chi connectivity index (χ1) is 27.1. The molecule has 0 unspecified atom stereocenters. The van der Waals surface area contributed by atoms with Crippen molar-refractivity contribution in [1.82, 2.24) is 0 Å². The smallest absolute Gasteiger partial charge is 0.338 e. The highest BCUT2D eigenvalue weighted by Crippen LogP contribution is 2.36. The van der Waals surface area contributed by atoms with Crippen LogP contribution < -0.4 is 0 Å². The normalized spacial score (nSPS) is 19.6. The van der Waals surface area contributed by atoms with Gasteiger partial charge in [0.05, 0.1) is 27.9 Å². The fraction of sp³-hybridized carbons (Fsp3) is 0.167. The summed E-state index contributed by atoms with van der Waals surface area (Å²) in [4.78, 5) is 58.9. The van der Waals surface area contributed by atoms with Gasteiger partial charge >= 0.3 is 23.9 Å². The van der Waals surface area contributed by atoms with Crippen LogP contribution in [0.4, 0.5) is 5.69 Å². The van der Waals surface area contributed by atoms with Crippen LogP contribution in [0.25, 0.3) is 0 Å². The first-order valence-electron chi connectivity index (χ1n) is 17.1. The summed E-state index contributed by atoms with van der Waals surface area (Å²) in [5.41, 5.74) is 0.875. The molecule has 5 atom stereocenters. The lowest BCUT2D eigenvalue weighted by molar-refractivity contribution is -0.279. The molecule has 0 bridgehead atoms. The van der Waals surface area contributed by atoms with E-state index in [-0.39, 0.29) is 22.3 Å². The van der Waals surface area contributed by atoms with Gasteiger partial charge in [0.15, 0.2) is 12.2 Å². The molecule has 1 saturated heterocycles. The quantitative estimate of drug-likeness (QED) is 0.0421. The van der Waals surface area contributed by atoms with Crippen molar-refractivity contribution in [3.8, 4) is 0 Å². The Hall–Kier alpha value is -5.72. The zero-order valence-corrected chi connectivity index (χ0v) is 31.5. The number of nitrogens with zero attached hydrogens (tertiary/aromatic N) is 1. The number of esters is 4. The molecule has 1 heterocycles. The van der Waals surface area contributed by atoms with E-state index in [0.717, 1.165) is 0 Å². The maximum atomic E-state index is 13.8. The number of aliphatic imine (C=N–C) groups is 1. The Kier molecular flexibility index (Phi) is 13.4. The molecule has 14 heteroatoms. The van der Waals surface area contributed by atoms with Crippen LogP contribution in [0.3, 0.4) is 0 Å². The summed E-state index contributed by atoms with van der Waals surface area (Å²) in [6, 6.07) is 40.3. The third-order valence-electron chi connectivity index (χ3n) is 8.19. The summed E-state index contributed by atoms with van der Waals surface area (Å²) in [7, 11) is 0. The Morgan fingerprint density at radius 2 is 0.875 bits per heavy atom. The van der Waals surface area contributed by atoms with E-state index in [2.05, 4.69) is 4.99 Å². The fourth-order valence-corrected chi connectivity index (χ4v) is 5.77. The minimum Gasteiger partial charge on any atom is -0.459 e. The molecule has 1 aliphatic rings. The molecule has 0 N–H and O–H groups in total. The van der Waals surface area contributed by atoms with Crippen molar-refractivity contribution in [2.75, 3.05) is 6.61 Å². The minimum absolute atomic E-state index is 0.107. The molecule has 1 fully saturated rings. The number of para-hydroxylation sites is 1. The first-order valence-corrected chi connectivity index (χ1v) is 18.2. The van der Waals surface area contributed by atoms with Gasteiger partial charge in [0.25, 0.3) is 3.79 Å². The topological polar surface area (TPSA) is 136 Å². The largest absolute Gasteiger partial charge is 0.459 e. The van der Waals surface area contributed by atoms with Crippen LogP contribution in [0.15, 0.2) is 157 Å². The molecule has 0 spiro atoms. The van der Waals surface area contributed by atoms with E-state index >= 15 is 0 Å². The van der Waals surface area contributed by atoms with Crippen LogP contribution in [0, 0.1) is 0 Å². The molecule has 6 rings (SSSR count). The molecule has 5 aromatic carbocycles. The standard InChI is InChI=1S/C42H32Cl3NO10/c43-42(44,45)41(46-31-24-14-5-15-25-31)56-40-35(55-39(50)30-22-12-4-13-23-30)34(54-38(49)29-20-10-3-11-21-29)33(53-37(48)28-18-8-2-9-19-28)32(52-40)26-51-36(47)27-16-6-1-7-17-27/h1-25,32-35,40H,26H2/t32-,33-,34+,35-,40-/m1/s1. The van der Waals surface area contributed by atoms with Crippen molar-refractivity contribution < 1.29 is 47.6 Å². The third kappa shape index (κ3) is 10.5. The van der Waals surface area contributed by atoms with E-state index in [1.165, 1.54) is 36.4 Å². The highest BCUT2D eigenvalue weighted by molar-refractivity contribution is 6.76. The number of ether oxygens (including phenoxy) is 6. The second kappa shape index (κ2) is 18.7. The van der Waals surface area contributed by atoms with Crippen molar-refractivity contribution in [3.63, 3.8) is 0 Å². The van der Waals surface area contributed by atoms with E-state index in [9.17, 15) is 19.2 Å². The maximum Gasteiger partial charge on any atom is 0.338 e. The predicted molar refractivity (Wildman–Crippen MR) is 207 cm³/mol. The van der Waals surface area contributed by atoms with Gasteiger partial charge in [-0.25, -0.2) is 24.2 Å². The van der Waals surface area contributed by atoms with Crippen LogP contribution >= 0.6 is 34.8 Å². The Labute approximate surface area is 336 Å². The van der Waals surface area contributed by atoms with Crippen molar-refractivity contribution in [2.24, 2.45) is 4.99 Å². The Bertz CT molecular complexity index is 2120. The number of carbonyl (C=O) groups excluding carboxylic acids is 4. The molecule has 0 amide bonds. The number of rotatable bonds is 11. The molecule has 286 valence electrons. The van der Waals surface area contributed by atoms with Gasteiger partial charge in [-0.2, -0.15) is 0 Å². The van der Waals surface area contributed by atoms with Gasteiger partial charge in [0.2, 0.25) is 18.3 Å². The van der Waals surface area contributed by atoms with E-state index in [4.69, 9.17) is 63.2 Å². The Balaban J connectivity index is 1.46. The minimum atomic E-state index is -2.32. The number of halogens is 3. The summed E-state index contributed by atoms with van der Waals surface area (Å²) < 4.78 is 34.0. The van der Waals surface area contributed by atoms with E-state index in [1.807, 2.05) is 0 Å². The molecule has 0 saturated carbocycles. The van der Waals surface area contributed by atoms with Crippen molar-refractivity contribution in [2.45, 2.75) is 34.5 Å². The van der Waals surface area contributed by atoms with Crippen LogP contribution in [-0.4, -0.2) is 70.9 Å². The number of alkyl halides is 3. The highest BCUT2D eigenvalue weighted by Gasteiger charge is 2.55. The second-order valence-corrected chi connectivity index (χ2v) is 14.4. The third-order valence-corrected chi connectivity index (χ3v) is 8.68. The molecule has 0 aliphatic carbocycles. The molecule has 1 aliphatic heterocycles. The summed E-state index contributed by atoms with van der Waals surface area (Å²) in [6.45, 7) is -0.585. The number of carbonyl (C=O) groups is 4. The number of hydrogen-bond acceptors (Lipinski definition) is 11. The van der Waals surface area contributed by atoms with Crippen LogP contribution in [0.5, 0.6) is 0 Å². The Morgan fingerprint density at radius 3 is 1.30 bits per heavy atom. The summed E-state index contributed by atoms with van der Waals surface area (Å²) in [5.74, 6) is -3.92. The molecule has 56 heavy (non-hydrogen) atoms. The average molecular weight is 817 g/mol. The monoisotopic (exact) mass is 815 g/mol. The zero-order valence-electron chi connectivity index (χ0n) is 29.2. The van der Waals surface area contributed by atoms with E-state index < -0.39 is 70.9 Å². The first kappa shape index (κ1) is 40.0. The van der Waals surface area contributed by atoms with Crippen molar-refractivity contribution >= 4 is 70.3 Å². The lowest BCUT2D eigenvalue weighted by Gasteiger charge is -2.44. The highest BCUT2D eigenvalue weighted by atomic mass is 35.6. The van der Waals surface area contributed by atoms with Gasteiger partial charge in [-0.3, -0.25) is 0 Å². The van der Waals surface area contributed by atoms with Crippen molar-refractivity contribution in [1.29, 1.82) is 0 Å². The average Bonchev–Trinajstić information content (AvgIpc) is 3.22. The lowest BCUT2D eigenvalue weighted by atomic mass is 9.97. The van der Waals surface area contributed by atoms with Gasteiger partial charge in [0.1, 0.15) is 12.7 Å². The van der Waals surface area contributed by atoms with Crippen LogP contribution in [0.2, 0.25) is 0 Å². The van der Waals surface area contributed by atoms with Crippen molar-refractivity contribution in [3.05, 3.63) is 174 Å². The summed E-state index contributed by atoms with van der Waals surface area (Å²) >= 11 is 19.1. The SMILES string of the molecule is O=C(OC[C@H]1O[C@H](OC(=Nc2ccccc2)C(Cl)(Cl)Cl)[C@H](OC(=O)c2ccccc2)[C@@H](OC(=O)c2ccccc2)[C@@H]1OC(=O)c1ccccc1)c1ccccc1. The molecular formula is C42H32Cl3NO10. The summed E-state index contributed by atoms with van der Waals surface area (Å²) in [6.07, 6.45) is -8.28. The molecule has 0 radical (unpaired) electrons. The molecule has 11 nitrogen and oxygen atoms in total. The number of benzene rings is 5. The van der Waals surface area contributed by atoms with Gasteiger partial charge in [-0.05, 0) is 60.7 Å². The van der Waals surface area contributed by atoms with Crippen LogP contribution in [0.1, 0.15) is 41.4 Å². The Morgan fingerprint density at radius 1 is 0.500 bits per heavy atom. The van der Waals surface area contributed by atoms with Gasteiger partial charge in [-0.15, -0.1) is 0 Å². The molecular weight excluding hydrogens is 785 g/mol. The lowest BCUT2D eigenvalue weighted by Crippen LogP contribution is -2.63. The maximum absolute atomic E-state index is 13.8. The van der Waals surface area contributed by atoms with Gasteiger partial charge in [0, 0.05) is 0 Å². The molecule has 0 aromatic heterocycles. The van der Waals surface area contributed by atoms with E-state index in [0.29, 0.717) is 5.69 Å². The second-order valence-electron chi connectivity index (χ2n) is 12.1. The van der Waals surface area contributed by atoms with E-state index in [1.54, 1.807) is 115 Å². The zero-order chi connectivity index (χ0) is 39.5. The fourth-order valence-electron chi connectivity index (χ4n) is 5.51. The summed E-state index contributed by atoms with van der Waals surface area (Å²) in [5, 5.41) is 0. The molecule has 5 aromatic rings. The van der Waals surface area contributed by atoms with Crippen LogP contribution in [-0.2, 0) is 28.4 Å².